The highest BCUT2D eigenvalue weighted by Gasteiger charge is 2.15. The number of Topliss-reactive ketones (excluding diaryl/α,β-unsaturated/α-hetero) is 1. The monoisotopic (exact) mass is 399 g/mol. The lowest BCUT2D eigenvalue weighted by Crippen LogP contribution is -2.21. The highest BCUT2D eigenvalue weighted by molar-refractivity contribution is 5.99. The standard InChI is InChI=1S/C22H25NO6/c1-14-5-6-15(2)17(11-14)19(24)9-10-22(26)29-13-21(25)23-18-8-7-16(27-3)12-20(18)28-4/h5-8,11-12H,9-10,13H2,1-4H3,(H,23,25). The highest BCUT2D eigenvalue weighted by atomic mass is 16.5. The minimum Gasteiger partial charge on any atom is -0.497 e. The van der Waals surface area contributed by atoms with Crippen molar-refractivity contribution in [3.8, 4) is 11.5 Å². The number of amides is 1. The highest BCUT2D eigenvalue weighted by Crippen LogP contribution is 2.28. The van der Waals surface area contributed by atoms with Gasteiger partial charge in [-0.25, -0.2) is 0 Å². The SMILES string of the molecule is COc1ccc(NC(=O)COC(=O)CCC(=O)c2cc(C)ccc2C)c(OC)c1. The summed E-state index contributed by atoms with van der Waals surface area (Å²) in [4.78, 5) is 36.3. The Balaban J connectivity index is 1.82. The van der Waals surface area contributed by atoms with Crippen LogP contribution in [0.1, 0.15) is 34.3 Å². The molecule has 1 N–H and O–H groups in total. The predicted molar refractivity (Wildman–Crippen MR) is 109 cm³/mol. The molecule has 0 aromatic heterocycles. The van der Waals surface area contributed by atoms with Crippen LogP contribution in [0.2, 0.25) is 0 Å². The van der Waals surface area contributed by atoms with Gasteiger partial charge < -0.3 is 19.5 Å². The van der Waals surface area contributed by atoms with Gasteiger partial charge >= 0.3 is 5.97 Å². The zero-order valence-electron chi connectivity index (χ0n) is 17.0. The third kappa shape index (κ3) is 6.34. The third-order valence-electron chi connectivity index (χ3n) is 4.30. The van der Waals surface area contributed by atoms with Crippen molar-refractivity contribution >= 4 is 23.3 Å². The van der Waals surface area contributed by atoms with E-state index in [-0.39, 0.29) is 18.6 Å². The number of benzene rings is 2. The first-order chi connectivity index (χ1) is 13.8. The van der Waals surface area contributed by atoms with Gasteiger partial charge in [0.15, 0.2) is 12.4 Å². The maximum absolute atomic E-state index is 12.3. The maximum atomic E-state index is 12.3. The molecule has 0 aliphatic carbocycles. The van der Waals surface area contributed by atoms with E-state index in [0.717, 1.165) is 11.1 Å². The summed E-state index contributed by atoms with van der Waals surface area (Å²) in [7, 11) is 2.99. The number of nitrogens with one attached hydrogen (secondary N) is 1. The van der Waals surface area contributed by atoms with Crippen LogP contribution in [-0.2, 0) is 14.3 Å². The maximum Gasteiger partial charge on any atom is 0.306 e. The van der Waals surface area contributed by atoms with Crippen LogP contribution >= 0.6 is 0 Å². The van der Waals surface area contributed by atoms with Crippen molar-refractivity contribution in [2.45, 2.75) is 26.7 Å². The summed E-state index contributed by atoms with van der Waals surface area (Å²) >= 11 is 0. The second-order valence-corrected chi connectivity index (χ2v) is 6.52. The Morgan fingerprint density at radius 2 is 1.69 bits per heavy atom. The Morgan fingerprint density at radius 1 is 0.931 bits per heavy atom. The van der Waals surface area contributed by atoms with E-state index >= 15 is 0 Å². The molecule has 0 saturated carbocycles. The molecule has 1 amide bonds. The number of esters is 1. The molecule has 29 heavy (non-hydrogen) atoms. The quantitative estimate of drug-likeness (QED) is 0.513. The van der Waals surface area contributed by atoms with Gasteiger partial charge in [-0.15, -0.1) is 0 Å². The summed E-state index contributed by atoms with van der Waals surface area (Å²) < 4.78 is 15.3. The van der Waals surface area contributed by atoms with Crippen molar-refractivity contribution in [1.82, 2.24) is 0 Å². The first-order valence-corrected chi connectivity index (χ1v) is 9.12. The van der Waals surface area contributed by atoms with Gasteiger partial charge in [-0.2, -0.15) is 0 Å². The van der Waals surface area contributed by atoms with Gasteiger partial charge in [0.05, 0.1) is 26.3 Å². The molecule has 0 atom stereocenters. The normalized spacial score (nSPS) is 10.2. The first kappa shape index (κ1) is 21.9. The molecule has 0 spiro atoms. The Kier molecular flexibility index (Phi) is 7.77. The summed E-state index contributed by atoms with van der Waals surface area (Å²) in [5, 5.41) is 2.61. The number of aryl methyl sites for hydroxylation is 2. The summed E-state index contributed by atoms with van der Waals surface area (Å²) in [6.45, 7) is 3.30. The van der Waals surface area contributed by atoms with E-state index in [4.69, 9.17) is 14.2 Å². The first-order valence-electron chi connectivity index (χ1n) is 9.12. The van der Waals surface area contributed by atoms with Crippen molar-refractivity contribution < 1.29 is 28.6 Å². The van der Waals surface area contributed by atoms with Crippen LogP contribution in [0, 0.1) is 13.8 Å². The Morgan fingerprint density at radius 3 is 2.38 bits per heavy atom. The zero-order valence-corrected chi connectivity index (χ0v) is 17.0. The van der Waals surface area contributed by atoms with E-state index in [9.17, 15) is 14.4 Å². The van der Waals surface area contributed by atoms with Crippen molar-refractivity contribution in [2.24, 2.45) is 0 Å². The third-order valence-corrected chi connectivity index (χ3v) is 4.30. The minimum absolute atomic E-state index is 0.0248. The molecule has 2 aromatic rings. The number of rotatable bonds is 9. The molecule has 7 heteroatoms. The number of ketones is 1. The lowest BCUT2D eigenvalue weighted by atomic mass is 9.99. The van der Waals surface area contributed by atoms with E-state index < -0.39 is 18.5 Å². The average Bonchev–Trinajstić information content (AvgIpc) is 2.72. The molecular weight excluding hydrogens is 374 g/mol. The molecule has 2 rings (SSSR count). The van der Waals surface area contributed by atoms with Crippen molar-refractivity contribution in [2.75, 3.05) is 26.1 Å². The molecule has 0 heterocycles. The zero-order chi connectivity index (χ0) is 21.4. The molecule has 154 valence electrons. The van der Waals surface area contributed by atoms with E-state index in [1.54, 1.807) is 24.3 Å². The Bertz CT molecular complexity index is 906. The fraction of sp³-hybridized carbons (Fsp3) is 0.318. The average molecular weight is 399 g/mol. The predicted octanol–water partition coefficient (Wildman–Crippen LogP) is 3.47. The number of methoxy groups -OCH3 is 2. The van der Waals surface area contributed by atoms with Gasteiger partial charge in [0.1, 0.15) is 11.5 Å². The number of hydrogen-bond donors (Lipinski definition) is 1. The van der Waals surface area contributed by atoms with Crippen LogP contribution < -0.4 is 14.8 Å². The molecular formula is C22H25NO6. The Labute approximate surface area is 170 Å². The van der Waals surface area contributed by atoms with Gasteiger partial charge in [0, 0.05) is 18.1 Å². The number of anilines is 1. The van der Waals surface area contributed by atoms with E-state index in [2.05, 4.69) is 5.32 Å². The van der Waals surface area contributed by atoms with Crippen molar-refractivity contribution in [3.63, 3.8) is 0 Å². The largest absolute Gasteiger partial charge is 0.497 e. The van der Waals surface area contributed by atoms with Gasteiger partial charge in [0.25, 0.3) is 5.91 Å². The molecule has 0 aliphatic heterocycles. The number of carbonyl (C=O) groups excluding carboxylic acids is 3. The van der Waals surface area contributed by atoms with Crippen LogP contribution in [0.3, 0.4) is 0 Å². The second-order valence-electron chi connectivity index (χ2n) is 6.52. The van der Waals surface area contributed by atoms with Gasteiger partial charge in [-0.05, 0) is 37.6 Å². The summed E-state index contributed by atoms with van der Waals surface area (Å²) in [5.41, 5.74) is 2.87. The minimum atomic E-state index is -0.611. The van der Waals surface area contributed by atoms with E-state index in [0.29, 0.717) is 22.7 Å². The smallest absolute Gasteiger partial charge is 0.306 e. The topological polar surface area (TPSA) is 90.9 Å². The van der Waals surface area contributed by atoms with E-state index in [1.165, 1.54) is 14.2 Å². The van der Waals surface area contributed by atoms with Crippen molar-refractivity contribution in [3.05, 3.63) is 53.1 Å². The lowest BCUT2D eigenvalue weighted by Gasteiger charge is -2.12. The summed E-state index contributed by atoms with van der Waals surface area (Å²) in [5.74, 6) is -0.248. The fourth-order valence-electron chi connectivity index (χ4n) is 2.69. The molecule has 0 radical (unpaired) electrons. The van der Waals surface area contributed by atoms with Crippen LogP contribution in [0.4, 0.5) is 5.69 Å². The molecule has 0 bridgehead atoms. The van der Waals surface area contributed by atoms with Gasteiger partial charge in [-0.1, -0.05) is 17.7 Å². The molecule has 0 unspecified atom stereocenters. The number of hydrogen-bond acceptors (Lipinski definition) is 6. The molecule has 0 aliphatic rings. The van der Waals surface area contributed by atoms with Gasteiger partial charge in [0.2, 0.25) is 0 Å². The van der Waals surface area contributed by atoms with Crippen LogP contribution in [0.5, 0.6) is 11.5 Å². The molecule has 0 saturated heterocycles. The van der Waals surface area contributed by atoms with E-state index in [1.807, 2.05) is 26.0 Å². The fourth-order valence-corrected chi connectivity index (χ4v) is 2.69. The molecule has 7 nitrogen and oxygen atoms in total. The van der Waals surface area contributed by atoms with Crippen LogP contribution in [0.15, 0.2) is 36.4 Å². The van der Waals surface area contributed by atoms with Crippen LogP contribution in [0.25, 0.3) is 0 Å². The summed E-state index contributed by atoms with van der Waals surface area (Å²) in [6, 6.07) is 10.5. The molecule has 2 aromatic carbocycles. The Hall–Kier alpha value is -3.35. The number of carbonyl (C=O) groups is 3. The molecule has 0 fully saturated rings. The number of ether oxygens (including phenoxy) is 3. The van der Waals surface area contributed by atoms with Crippen molar-refractivity contribution in [1.29, 1.82) is 0 Å². The van der Waals surface area contributed by atoms with Gasteiger partial charge in [-0.3, -0.25) is 14.4 Å². The summed E-state index contributed by atoms with van der Waals surface area (Å²) in [6.07, 6.45) is -0.0671. The lowest BCUT2D eigenvalue weighted by molar-refractivity contribution is -0.147. The van der Waals surface area contributed by atoms with Crippen LogP contribution in [-0.4, -0.2) is 38.5 Å². The second kappa shape index (κ2) is 10.3.